The third-order valence-corrected chi connectivity index (χ3v) is 6.66. The van der Waals surface area contributed by atoms with Crippen LogP contribution in [0.1, 0.15) is 32.6 Å². The Bertz CT molecular complexity index is 961. The smallest absolute Gasteiger partial charge is 0.242 e. The van der Waals surface area contributed by atoms with Crippen molar-refractivity contribution in [3.8, 4) is 17.0 Å². The van der Waals surface area contributed by atoms with Crippen LogP contribution in [0.25, 0.3) is 11.3 Å². The summed E-state index contributed by atoms with van der Waals surface area (Å²) in [6.45, 7) is 5.53. The van der Waals surface area contributed by atoms with Crippen LogP contribution in [-0.2, 0) is 9.59 Å². The number of nitrogens with zero attached hydrogens (tertiary/aromatic N) is 5. The maximum Gasteiger partial charge on any atom is 0.242 e. The van der Waals surface area contributed by atoms with Gasteiger partial charge >= 0.3 is 0 Å². The number of hydrogen-bond donors (Lipinski definition) is 0. The fourth-order valence-corrected chi connectivity index (χ4v) is 4.35. The fraction of sp³-hybridized carbons (Fsp3) is 0.520. The molecule has 1 saturated carbocycles. The number of carbonyl (C=O) groups is 2. The van der Waals surface area contributed by atoms with Crippen LogP contribution in [0.3, 0.4) is 0 Å². The molecule has 2 amide bonds. The first-order valence-electron chi connectivity index (χ1n) is 11.9. The first-order valence-corrected chi connectivity index (χ1v) is 11.9. The Morgan fingerprint density at radius 1 is 1.06 bits per heavy atom. The highest BCUT2D eigenvalue weighted by Crippen LogP contribution is 2.28. The van der Waals surface area contributed by atoms with E-state index in [1.165, 1.54) is 0 Å². The van der Waals surface area contributed by atoms with Gasteiger partial charge in [0.15, 0.2) is 5.82 Å². The summed E-state index contributed by atoms with van der Waals surface area (Å²) in [6.07, 6.45) is 3.89. The molecule has 2 heterocycles. The number of carbonyl (C=O) groups excluding carboxylic acids is 2. The van der Waals surface area contributed by atoms with E-state index in [2.05, 4.69) is 15.1 Å². The normalized spacial score (nSPS) is 16.7. The van der Waals surface area contributed by atoms with E-state index >= 15 is 0 Å². The Labute approximate surface area is 195 Å². The summed E-state index contributed by atoms with van der Waals surface area (Å²) < 4.78 is 5.29. The maximum atomic E-state index is 12.9. The Balaban J connectivity index is 1.34. The van der Waals surface area contributed by atoms with Crippen molar-refractivity contribution in [1.82, 2.24) is 20.0 Å². The number of aromatic nitrogens is 2. The molecule has 176 valence electrons. The SMILES string of the molecule is CCN(CC(=O)N1CCCN(c2ccc(-c3cccc(OC)c3)nn2)CC1)C(=O)C1CCC1. The molecule has 33 heavy (non-hydrogen) atoms. The Morgan fingerprint density at radius 3 is 2.58 bits per heavy atom. The number of benzene rings is 1. The first kappa shape index (κ1) is 23.0. The standard InChI is InChI=1S/C25H33N5O3/c1-3-28(25(32)19-7-4-8-19)18-24(31)30-14-6-13-29(15-16-30)23-12-11-22(26-27-23)20-9-5-10-21(17-20)33-2/h5,9-12,17,19H,3-4,6-8,13-16,18H2,1-2H3. The summed E-state index contributed by atoms with van der Waals surface area (Å²) in [4.78, 5) is 31.3. The number of likely N-dealkylation sites (N-methyl/N-ethyl adjacent to an activating group) is 1. The average molecular weight is 452 g/mol. The van der Waals surface area contributed by atoms with Crippen LogP contribution in [0.4, 0.5) is 5.82 Å². The van der Waals surface area contributed by atoms with Gasteiger partial charge in [0.2, 0.25) is 11.8 Å². The van der Waals surface area contributed by atoms with Gasteiger partial charge in [0, 0.05) is 44.2 Å². The molecule has 1 aromatic heterocycles. The Kier molecular flexibility index (Phi) is 7.42. The molecule has 1 aliphatic carbocycles. The van der Waals surface area contributed by atoms with E-state index in [1.54, 1.807) is 12.0 Å². The summed E-state index contributed by atoms with van der Waals surface area (Å²) in [6, 6.07) is 11.7. The minimum absolute atomic E-state index is 0.0332. The molecule has 0 atom stereocenters. The van der Waals surface area contributed by atoms with Crippen molar-refractivity contribution in [1.29, 1.82) is 0 Å². The highest BCUT2D eigenvalue weighted by atomic mass is 16.5. The van der Waals surface area contributed by atoms with Gasteiger partial charge in [-0.05, 0) is 50.5 Å². The summed E-state index contributed by atoms with van der Waals surface area (Å²) in [5, 5.41) is 8.86. The van der Waals surface area contributed by atoms with Crippen molar-refractivity contribution in [2.45, 2.75) is 32.6 Å². The van der Waals surface area contributed by atoms with Gasteiger partial charge in [-0.3, -0.25) is 9.59 Å². The van der Waals surface area contributed by atoms with Crippen LogP contribution >= 0.6 is 0 Å². The van der Waals surface area contributed by atoms with Crippen LogP contribution in [0.15, 0.2) is 36.4 Å². The van der Waals surface area contributed by atoms with Crippen molar-refractivity contribution in [3.05, 3.63) is 36.4 Å². The van der Waals surface area contributed by atoms with Crippen molar-refractivity contribution >= 4 is 17.6 Å². The van der Waals surface area contributed by atoms with E-state index in [-0.39, 0.29) is 24.3 Å². The zero-order chi connectivity index (χ0) is 23.2. The predicted molar refractivity (Wildman–Crippen MR) is 127 cm³/mol. The van der Waals surface area contributed by atoms with Gasteiger partial charge in [-0.15, -0.1) is 10.2 Å². The van der Waals surface area contributed by atoms with Crippen molar-refractivity contribution in [2.75, 3.05) is 51.3 Å². The van der Waals surface area contributed by atoms with Crippen molar-refractivity contribution in [3.63, 3.8) is 0 Å². The van der Waals surface area contributed by atoms with Crippen LogP contribution in [0.5, 0.6) is 5.75 Å². The molecule has 1 saturated heterocycles. The fourth-order valence-electron chi connectivity index (χ4n) is 4.35. The Morgan fingerprint density at radius 2 is 1.91 bits per heavy atom. The van der Waals surface area contributed by atoms with Gasteiger partial charge in [-0.1, -0.05) is 18.6 Å². The minimum Gasteiger partial charge on any atom is -0.497 e. The summed E-state index contributed by atoms with van der Waals surface area (Å²) >= 11 is 0. The van der Waals surface area contributed by atoms with Crippen molar-refractivity contribution < 1.29 is 14.3 Å². The monoisotopic (exact) mass is 451 g/mol. The van der Waals surface area contributed by atoms with Gasteiger partial charge < -0.3 is 19.4 Å². The molecule has 0 radical (unpaired) electrons. The van der Waals surface area contributed by atoms with Crippen LogP contribution < -0.4 is 9.64 Å². The average Bonchev–Trinajstić information content (AvgIpc) is 3.08. The molecule has 0 spiro atoms. The lowest BCUT2D eigenvalue weighted by Gasteiger charge is -2.32. The predicted octanol–water partition coefficient (Wildman–Crippen LogP) is 2.84. The van der Waals surface area contributed by atoms with E-state index in [4.69, 9.17) is 4.74 Å². The molecule has 1 aromatic carbocycles. The molecule has 2 aliphatic rings. The Hall–Kier alpha value is -3.16. The molecule has 2 fully saturated rings. The van der Waals surface area contributed by atoms with E-state index in [0.717, 1.165) is 55.1 Å². The van der Waals surface area contributed by atoms with Crippen molar-refractivity contribution in [2.24, 2.45) is 5.92 Å². The number of hydrogen-bond acceptors (Lipinski definition) is 6. The molecule has 0 unspecified atom stereocenters. The number of methoxy groups -OCH3 is 1. The molecule has 8 heteroatoms. The molecule has 8 nitrogen and oxygen atoms in total. The zero-order valence-electron chi connectivity index (χ0n) is 19.6. The first-order chi connectivity index (χ1) is 16.1. The van der Waals surface area contributed by atoms with E-state index in [9.17, 15) is 9.59 Å². The topological polar surface area (TPSA) is 78.9 Å². The van der Waals surface area contributed by atoms with Gasteiger partial charge in [0.1, 0.15) is 5.75 Å². The minimum atomic E-state index is 0.0332. The third-order valence-electron chi connectivity index (χ3n) is 6.66. The van der Waals surface area contributed by atoms with Crippen LogP contribution in [-0.4, -0.2) is 78.2 Å². The number of anilines is 1. The van der Waals surface area contributed by atoms with E-state index in [0.29, 0.717) is 26.2 Å². The van der Waals surface area contributed by atoms with Gasteiger partial charge in [0.25, 0.3) is 0 Å². The third kappa shape index (κ3) is 5.43. The molecule has 0 N–H and O–H groups in total. The zero-order valence-corrected chi connectivity index (χ0v) is 19.6. The molecule has 2 aromatic rings. The lowest BCUT2D eigenvalue weighted by Crippen LogP contribution is -2.46. The lowest BCUT2D eigenvalue weighted by atomic mass is 9.84. The quantitative estimate of drug-likeness (QED) is 0.644. The van der Waals surface area contributed by atoms with Gasteiger partial charge in [-0.25, -0.2) is 0 Å². The van der Waals surface area contributed by atoms with Crippen LogP contribution in [0.2, 0.25) is 0 Å². The summed E-state index contributed by atoms with van der Waals surface area (Å²) in [5.41, 5.74) is 1.75. The molecule has 1 aliphatic heterocycles. The summed E-state index contributed by atoms with van der Waals surface area (Å²) in [5.74, 6) is 1.89. The maximum absolute atomic E-state index is 12.9. The highest BCUT2D eigenvalue weighted by molar-refractivity contribution is 5.86. The molecule has 4 rings (SSSR count). The second kappa shape index (κ2) is 10.6. The van der Waals surface area contributed by atoms with Gasteiger partial charge in [0.05, 0.1) is 19.3 Å². The van der Waals surface area contributed by atoms with E-state index in [1.807, 2.05) is 48.2 Å². The highest BCUT2D eigenvalue weighted by Gasteiger charge is 2.30. The number of amides is 2. The number of ether oxygens (including phenoxy) is 1. The largest absolute Gasteiger partial charge is 0.497 e. The lowest BCUT2D eigenvalue weighted by molar-refractivity contribution is -0.144. The second-order valence-electron chi connectivity index (χ2n) is 8.71. The van der Waals surface area contributed by atoms with Crippen LogP contribution in [0, 0.1) is 5.92 Å². The molecule has 0 bridgehead atoms. The summed E-state index contributed by atoms with van der Waals surface area (Å²) in [7, 11) is 1.65. The van der Waals surface area contributed by atoms with E-state index < -0.39 is 0 Å². The number of rotatable bonds is 7. The molecular formula is C25H33N5O3. The van der Waals surface area contributed by atoms with Gasteiger partial charge in [-0.2, -0.15) is 0 Å². The second-order valence-corrected chi connectivity index (χ2v) is 8.71. The molecular weight excluding hydrogens is 418 g/mol.